The normalized spacial score (nSPS) is 4.25. The average Bonchev–Trinajstić information content (AvgIpc) is 0.918. The Hall–Kier alpha value is 1.84. The van der Waals surface area contributed by atoms with Crippen LogP contribution in [0, 0.1) is 0 Å². The van der Waals surface area contributed by atoms with Crippen molar-refractivity contribution in [3.05, 3.63) is 0 Å². The van der Waals surface area contributed by atoms with Gasteiger partial charge in [0, 0.05) is 0 Å². The van der Waals surface area contributed by atoms with Crippen LogP contribution < -0.4 is 0 Å². The van der Waals surface area contributed by atoms with Gasteiger partial charge in [-0.25, -0.2) is 0 Å². The van der Waals surface area contributed by atoms with E-state index in [0.29, 0.717) is 0 Å². The molecule has 0 N–H and O–H groups in total. The first-order valence-corrected chi connectivity index (χ1v) is 2.91. The zero-order valence-electron chi connectivity index (χ0n) is 1.14. The van der Waals surface area contributed by atoms with Crippen LogP contribution in [0.4, 0.5) is 0 Å². The zero-order chi connectivity index (χ0) is 2.71. The van der Waals surface area contributed by atoms with Crippen molar-refractivity contribution in [2.45, 2.75) is 0 Å². The van der Waals surface area contributed by atoms with Crippen LogP contribution in [0.2, 0.25) is 0 Å². The molecule has 0 unspecified atom stereocenters. The van der Waals surface area contributed by atoms with E-state index in [1.54, 1.807) is 0 Å². The van der Waals surface area contributed by atoms with Crippen LogP contribution >= 0.6 is 0 Å². The molecular formula is HFeMnNaO. The Balaban J connectivity index is 0. The topological polar surface area (TPSA) is 17.1 Å². The van der Waals surface area contributed by atoms with Crippen LogP contribution in [0.15, 0.2) is 0 Å². The Morgan fingerprint density at radius 2 is 1.75 bits per heavy atom. The fourth-order valence-corrected chi connectivity index (χ4v) is 0. The van der Waals surface area contributed by atoms with E-state index in [0.717, 1.165) is 0 Å². The van der Waals surface area contributed by atoms with Crippen molar-refractivity contribution in [2.75, 3.05) is 0 Å². The summed E-state index contributed by atoms with van der Waals surface area (Å²) in [6.07, 6.45) is 0. The summed E-state index contributed by atoms with van der Waals surface area (Å²) in [5.74, 6) is 0. The molecule has 0 rings (SSSR count). The van der Waals surface area contributed by atoms with Gasteiger partial charge in [-0.15, -0.1) is 0 Å². The third kappa shape index (κ3) is 9.15. The molecule has 0 aliphatic rings. The Labute approximate surface area is 59.9 Å². The Morgan fingerprint density at radius 1 is 1.75 bits per heavy atom. The van der Waals surface area contributed by atoms with Crippen LogP contribution in [0.5, 0.6) is 0 Å². The van der Waals surface area contributed by atoms with Gasteiger partial charge in [-0.3, -0.25) is 0 Å². The van der Waals surface area contributed by atoms with Gasteiger partial charge in [-0.2, -0.15) is 0 Å². The van der Waals surface area contributed by atoms with E-state index in [-0.39, 0.29) is 29.6 Å². The fraction of sp³-hybridized carbons (Fsp3) is 0. The maximum absolute atomic E-state index is 8.85. The molecule has 0 aromatic carbocycles. The van der Waals surface area contributed by atoms with Crippen molar-refractivity contribution in [3.63, 3.8) is 0 Å². The van der Waals surface area contributed by atoms with E-state index in [1.165, 1.54) is 0 Å². The quantitative estimate of drug-likeness (QED) is 0.415. The second-order valence-electron chi connectivity index (χ2n) is 0.0546. The molecule has 0 saturated carbocycles. The number of hydrogen-bond donors (Lipinski definition) is 0. The third-order valence-electron chi connectivity index (χ3n) is 0. The standard InChI is InChI=1S/Fe.Mn.Na.O.H. The summed E-state index contributed by atoms with van der Waals surface area (Å²) in [7, 11) is 0. The molecule has 0 spiro atoms. The van der Waals surface area contributed by atoms with Crippen molar-refractivity contribution in [3.8, 4) is 0 Å². The van der Waals surface area contributed by atoms with Crippen molar-refractivity contribution in [2.24, 2.45) is 0 Å². The average molecular weight is 151 g/mol. The van der Waals surface area contributed by atoms with Gasteiger partial charge in [0.25, 0.3) is 0 Å². The molecule has 0 saturated heterocycles. The van der Waals surface area contributed by atoms with Crippen molar-refractivity contribution >= 4 is 29.6 Å². The maximum atomic E-state index is 8.85. The van der Waals surface area contributed by atoms with E-state index >= 15 is 0 Å². The summed E-state index contributed by atoms with van der Waals surface area (Å²) in [6.45, 7) is 0. The first-order chi connectivity index (χ1) is 1.41. The van der Waals surface area contributed by atoms with E-state index in [2.05, 4.69) is 14.2 Å². The molecule has 0 fully saturated rings. The molecule has 0 aromatic rings. The molecule has 4 heavy (non-hydrogen) atoms. The van der Waals surface area contributed by atoms with Crippen LogP contribution in [-0.4, -0.2) is 29.6 Å². The predicted molar refractivity (Wildman–Crippen MR) is 7.84 cm³/mol. The molecule has 0 aliphatic carbocycles. The first kappa shape index (κ1) is 9.28. The van der Waals surface area contributed by atoms with Gasteiger partial charge < -0.3 is 0 Å². The van der Waals surface area contributed by atoms with Crippen LogP contribution in [0.25, 0.3) is 0 Å². The summed E-state index contributed by atoms with van der Waals surface area (Å²) in [4.78, 5) is 0. The fourth-order valence-electron chi connectivity index (χ4n) is 0. The predicted octanol–water partition coefficient (Wildman–Crippen LogP) is -0.772. The van der Waals surface area contributed by atoms with Gasteiger partial charge in [0.1, 0.15) is 0 Å². The van der Waals surface area contributed by atoms with Gasteiger partial charge in [0.15, 0.2) is 0 Å². The van der Waals surface area contributed by atoms with Crippen molar-refractivity contribution in [1.29, 1.82) is 0 Å². The van der Waals surface area contributed by atoms with Gasteiger partial charge >= 0.3 is 60.6 Å². The number of rotatable bonds is 0. The summed E-state index contributed by atoms with van der Waals surface area (Å²) in [6, 6.07) is 0. The summed E-state index contributed by atoms with van der Waals surface area (Å²) in [5.41, 5.74) is 0. The third-order valence-corrected chi connectivity index (χ3v) is 0. The molecule has 0 heterocycles. The summed E-state index contributed by atoms with van der Waals surface area (Å²) in [5, 5.41) is 0. The van der Waals surface area contributed by atoms with Gasteiger partial charge in [-0.1, -0.05) is 0 Å². The minimum absolute atomic E-state index is 0. The van der Waals surface area contributed by atoms with Crippen LogP contribution in [0.3, 0.4) is 0 Å². The molecule has 1 nitrogen and oxygen atoms in total. The molecule has 0 aromatic heterocycles. The van der Waals surface area contributed by atoms with E-state index in [9.17, 15) is 0 Å². The van der Waals surface area contributed by atoms with E-state index in [1.807, 2.05) is 0 Å². The molecule has 23 valence electrons. The van der Waals surface area contributed by atoms with Gasteiger partial charge in [0.05, 0.1) is 0 Å². The monoisotopic (exact) mass is 151 g/mol. The van der Waals surface area contributed by atoms with Crippen molar-refractivity contribution < 1.29 is 31.1 Å². The molecule has 0 bridgehead atoms. The molecule has 4 heteroatoms. The van der Waals surface area contributed by atoms with E-state index in [4.69, 9.17) is 3.83 Å². The van der Waals surface area contributed by atoms with Crippen molar-refractivity contribution in [1.82, 2.24) is 0 Å². The first-order valence-electron chi connectivity index (χ1n) is 0.288. The molecule has 0 radical (unpaired) electrons. The SMILES string of the molecule is [NaH].[O]=[Mn][Fe]. The molecule has 0 atom stereocenters. The summed E-state index contributed by atoms with van der Waals surface area (Å²) < 4.78 is 8.85. The molecular weight excluding hydrogens is 150 g/mol. The second-order valence-corrected chi connectivity index (χ2v) is 0.927. The van der Waals surface area contributed by atoms with Crippen LogP contribution in [0.1, 0.15) is 0 Å². The molecule has 0 aliphatic heterocycles. The van der Waals surface area contributed by atoms with Gasteiger partial charge in [-0.05, 0) is 0 Å². The Morgan fingerprint density at radius 3 is 1.75 bits per heavy atom. The molecule has 0 amide bonds. The summed E-state index contributed by atoms with van der Waals surface area (Å²) >= 11 is 2.52. The Bertz CT molecular complexity index is 15.5. The Kier molecular flexibility index (Phi) is 20.5. The minimum atomic E-state index is -0.438. The second kappa shape index (κ2) is 8.85. The van der Waals surface area contributed by atoms with Gasteiger partial charge in [0.2, 0.25) is 0 Å². The van der Waals surface area contributed by atoms with Crippen LogP contribution in [-0.2, 0) is 31.1 Å². The van der Waals surface area contributed by atoms with E-state index < -0.39 is 13.1 Å². The zero-order valence-corrected chi connectivity index (χ0v) is 3.42. The number of hydrogen-bond acceptors (Lipinski definition) is 1.